The highest BCUT2D eigenvalue weighted by atomic mass is 16.2. The Morgan fingerprint density at radius 3 is 3.00 bits per heavy atom. The smallest absolute Gasteiger partial charge is 0.252 e. The first-order valence-electron chi connectivity index (χ1n) is 6.11. The van der Waals surface area contributed by atoms with Crippen LogP contribution >= 0.6 is 0 Å². The lowest BCUT2D eigenvalue weighted by Gasteiger charge is -2.15. The summed E-state index contributed by atoms with van der Waals surface area (Å²) in [5.74, 6) is -0.367. The van der Waals surface area contributed by atoms with Crippen LogP contribution in [0, 0.1) is 0 Å². The molecule has 1 unspecified atom stereocenters. The Hall–Kier alpha value is -2.04. The van der Waals surface area contributed by atoms with Crippen molar-refractivity contribution in [2.45, 2.75) is 25.3 Å². The molecule has 4 N–H and O–H groups in total. The van der Waals surface area contributed by atoms with Crippen LogP contribution in [0.25, 0.3) is 0 Å². The molecular formula is C13H17N3O2. The maximum Gasteiger partial charge on any atom is 0.252 e. The van der Waals surface area contributed by atoms with E-state index < -0.39 is 6.04 Å². The van der Waals surface area contributed by atoms with Crippen molar-refractivity contribution < 1.29 is 9.59 Å². The molecule has 1 aliphatic rings. The standard InChI is InChI=1S/C13H17N3O2/c14-10-5-3-4-9(8-10)12(17)16-11-6-1-2-7-15-13(11)18/h3-5,8,11H,1-2,6-7,14H2,(H,15,18)(H,16,17). The third kappa shape index (κ3) is 3.00. The molecule has 18 heavy (non-hydrogen) atoms. The Bertz CT molecular complexity index is 459. The van der Waals surface area contributed by atoms with Gasteiger partial charge in [0, 0.05) is 17.8 Å². The van der Waals surface area contributed by atoms with Crippen molar-refractivity contribution in [1.82, 2.24) is 10.6 Å². The lowest BCUT2D eigenvalue weighted by molar-refractivity contribution is -0.122. The average Bonchev–Trinajstić information content (AvgIpc) is 2.55. The molecule has 0 bridgehead atoms. The Morgan fingerprint density at radius 2 is 2.22 bits per heavy atom. The van der Waals surface area contributed by atoms with Crippen LogP contribution in [0.5, 0.6) is 0 Å². The van der Waals surface area contributed by atoms with Crippen molar-refractivity contribution in [3.8, 4) is 0 Å². The highest BCUT2D eigenvalue weighted by molar-refractivity contribution is 5.98. The predicted octanol–water partition coefficient (Wildman–Crippen LogP) is 0.667. The largest absolute Gasteiger partial charge is 0.399 e. The monoisotopic (exact) mass is 247 g/mol. The van der Waals surface area contributed by atoms with E-state index in [0.717, 1.165) is 12.8 Å². The fourth-order valence-corrected chi connectivity index (χ4v) is 2.00. The lowest BCUT2D eigenvalue weighted by atomic mass is 10.1. The van der Waals surface area contributed by atoms with Crippen molar-refractivity contribution in [1.29, 1.82) is 0 Å². The minimum atomic E-state index is -0.443. The van der Waals surface area contributed by atoms with Crippen LogP contribution in [-0.2, 0) is 4.79 Å². The molecule has 1 aliphatic heterocycles. The Kier molecular flexibility index (Phi) is 3.82. The molecule has 2 amide bonds. The predicted molar refractivity (Wildman–Crippen MR) is 69.0 cm³/mol. The Balaban J connectivity index is 2.04. The summed E-state index contributed by atoms with van der Waals surface area (Å²) in [6, 6.07) is 6.28. The van der Waals surface area contributed by atoms with Crippen molar-refractivity contribution in [2.75, 3.05) is 12.3 Å². The van der Waals surface area contributed by atoms with Gasteiger partial charge in [-0.15, -0.1) is 0 Å². The van der Waals surface area contributed by atoms with Crippen molar-refractivity contribution in [3.63, 3.8) is 0 Å². The number of rotatable bonds is 2. The number of hydrogen-bond donors (Lipinski definition) is 3. The SMILES string of the molecule is Nc1cccc(C(=O)NC2CCCCNC2=O)c1. The number of nitrogens with two attached hydrogens (primary N) is 1. The number of nitrogens with one attached hydrogen (secondary N) is 2. The summed E-state index contributed by atoms with van der Waals surface area (Å²) in [6.45, 7) is 0.684. The molecule has 1 fully saturated rings. The summed E-state index contributed by atoms with van der Waals surface area (Å²) in [6.07, 6.45) is 2.57. The maximum absolute atomic E-state index is 12.0. The summed E-state index contributed by atoms with van der Waals surface area (Å²) < 4.78 is 0. The van der Waals surface area contributed by atoms with E-state index >= 15 is 0 Å². The second-order valence-corrected chi connectivity index (χ2v) is 4.44. The molecule has 0 saturated carbocycles. The average molecular weight is 247 g/mol. The number of carbonyl (C=O) groups excluding carboxylic acids is 2. The summed E-state index contributed by atoms with van der Waals surface area (Å²) in [5, 5.41) is 5.53. The zero-order valence-electron chi connectivity index (χ0n) is 10.1. The van der Waals surface area contributed by atoms with Gasteiger partial charge in [0.15, 0.2) is 0 Å². The summed E-state index contributed by atoms with van der Waals surface area (Å²) in [5.41, 5.74) is 6.64. The molecule has 1 aromatic rings. The van der Waals surface area contributed by atoms with Crippen LogP contribution in [0.3, 0.4) is 0 Å². The first kappa shape index (κ1) is 12.4. The Morgan fingerprint density at radius 1 is 1.39 bits per heavy atom. The van der Waals surface area contributed by atoms with Gasteiger partial charge in [-0.3, -0.25) is 9.59 Å². The Labute approximate surface area is 106 Å². The first-order chi connectivity index (χ1) is 8.66. The lowest BCUT2D eigenvalue weighted by Crippen LogP contribution is -2.45. The second-order valence-electron chi connectivity index (χ2n) is 4.44. The van der Waals surface area contributed by atoms with Gasteiger partial charge < -0.3 is 16.4 Å². The number of anilines is 1. The molecule has 0 radical (unpaired) electrons. The van der Waals surface area contributed by atoms with E-state index in [1.165, 1.54) is 0 Å². The van der Waals surface area contributed by atoms with E-state index in [1.54, 1.807) is 24.3 Å². The van der Waals surface area contributed by atoms with Crippen molar-refractivity contribution in [3.05, 3.63) is 29.8 Å². The zero-order valence-corrected chi connectivity index (χ0v) is 10.1. The van der Waals surface area contributed by atoms with Gasteiger partial charge in [0.25, 0.3) is 5.91 Å². The molecule has 1 heterocycles. The summed E-state index contributed by atoms with van der Waals surface area (Å²) in [4.78, 5) is 23.7. The van der Waals surface area contributed by atoms with Gasteiger partial charge in [0.1, 0.15) is 6.04 Å². The fraction of sp³-hybridized carbons (Fsp3) is 0.385. The topological polar surface area (TPSA) is 84.2 Å². The molecule has 0 spiro atoms. The minimum Gasteiger partial charge on any atom is -0.399 e. The van der Waals surface area contributed by atoms with Crippen LogP contribution in [0.2, 0.25) is 0 Å². The van der Waals surface area contributed by atoms with E-state index in [2.05, 4.69) is 10.6 Å². The molecule has 1 saturated heterocycles. The normalized spacial score (nSPS) is 19.8. The van der Waals surface area contributed by atoms with Gasteiger partial charge in [0.2, 0.25) is 5.91 Å². The van der Waals surface area contributed by atoms with Gasteiger partial charge in [-0.1, -0.05) is 6.07 Å². The quantitative estimate of drug-likeness (QED) is 0.671. The molecule has 96 valence electrons. The van der Waals surface area contributed by atoms with E-state index in [4.69, 9.17) is 5.73 Å². The molecule has 2 rings (SSSR count). The third-order valence-corrected chi connectivity index (χ3v) is 2.99. The fourth-order valence-electron chi connectivity index (χ4n) is 2.00. The summed E-state index contributed by atoms with van der Waals surface area (Å²) in [7, 11) is 0. The number of carbonyl (C=O) groups is 2. The molecule has 1 aromatic carbocycles. The van der Waals surface area contributed by atoms with Gasteiger partial charge in [-0.05, 0) is 37.5 Å². The van der Waals surface area contributed by atoms with E-state index in [0.29, 0.717) is 24.2 Å². The van der Waals surface area contributed by atoms with Gasteiger partial charge in [-0.2, -0.15) is 0 Å². The minimum absolute atomic E-state index is 0.107. The molecule has 0 aromatic heterocycles. The molecular weight excluding hydrogens is 230 g/mol. The van der Waals surface area contributed by atoms with Gasteiger partial charge in [0.05, 0.1) is 0 Å². The zero-order chi connectivity index (χ0) is 13.0. The van der Waals surface area contributed by atoms with Crippen LogP contribution < -0.4 is 16.4 Å². The van der Waals surface area contributed by atoms with Gasteiger partial charge >= 0.3 is 0 Å². The highest BCUT2D eigenvalue weighted by Gasteiger charge is 2.22. The molecule has 5 nitrogen and oxygen atoms in total. The number of amides is 2. The van der Waals surface area contributed by atoms with E-state index in [1.807, 2.05) is 0 Å². The molecule has 1 atom stereocenters. The van der Waals surface area contributed by atoms with Gasteiger partial charge in [-0.25, -0.2) is 0 Å². The van der Waals surface area contributed by atoms with Crippen LogP contribution in [0.15, 0.2) is 24.3 Å². The van der Waals surface area contributed by atoms with E-state index in [9.17, 15) is 9.59 Å². The van der Waals surface area contributed by atoms with E-state index in [-0.39, 0.29) is 11.8 Å². The van der Waals surface area contributed by atoms with Crippen LogP contribution in [0.4, 0.5) is 5.69 Å². The molecule has 5 heteroatoms. The first-order valence-corrected chi connectivity index (χ1v) is 6.11. The maximum atomic E-state index is 12.0. The van der Waals surface area contributed by atoms with Crippen LogP contribution in [0.1, 0.15) is 29.6 Å². The third-order valence-electron chi connectivity index (χ3n) is 2.99. The summed E-state index contributed by atoms with van der Waals surface area (Å²) >= 11 is 0. The van der Waals surface area contributed by atoms with Crippen molar-refractivity contribution in [2.24, 2.45) is 0 Å². The number of hydrogen-bond acceptors (Lipinski definition) is 3. The van der Waals surface area contributed by atoms with Crippen LogP contribution in [-0.4, -0.2) is 24.4 Å². The van der Waals surface area contributed by atoms with Crippen molar-refractivity contribution >= 4 is 17.5 Å². The molecule has 0 aliphatic carbocycles. The number of nitrogen functional groups attached to an aromatic ring is 1. The second kappa shape index (κ2) is 5.53. The number of benzene rings is 1. The highest BCUT2D eigenvalue weighted by Crippen LogP contribution is 2.09.